The topological polar surface area (TPSA) is 46.2 Å². The van der Waals surface area contributed by atoms with Gasteiger partial charge in [-0.2, -0.15) is 0 Å². The molecule has 0 heterocycles. The maximum absolute atomic E-state index is 10.6. The number of aliphatic hydroxyl groups excluding tert-OH is 1. The Labute approximate surface area is 130 Å². The van der Waals surface area contributed by atoms with Crippen molar-refractivity contribution in [1.29, 1.82) is 0 Å². The van der Waals surface area contributed by atoms with Gasteiger partial charge in [0, 0.05) is 0 Å². The number of aliphatic hydroxyl groups is 1. The average Bonchev–Trinajstić information content (AvgIpc) is 2.58. The summed E-state index contributed by atoms with van der Waals surface area (Å²) in [6, 6.07) is 29.8. The van der Waals surface area contributed by atoms with Gasteiger partial charge in [0.25, 0.3) is 0 Å². The Hall–Kier alpha value is -2.42. The molecule has 2 heteroatoms. The summed E-state index contributed by atoms with van der Waals surface area (Å²) >= 11 is 0. The van der Waals surface area contributed by atoms with E-state index in [-0.39, 0.29) is 0 Å². The van der Waals surface area contributed by atoms with Crippen molar-refractivity contribution in [2.24, 2.45) is 5.73 Å². The van der Waals surface area contributed by atoms with Crippen molar-refractivity contribution in [2.45, 2.75) is 11.6 Å². The van der Waals surface area contributed by atoms with Crippen LogP contribution in [0.5, 0.6) is 0 Å². The first kappa shape index (κ1) is 14.5. The molecule has 3 aromatic carbocycles. The van der Waals surface area contributed by atoms with Crippen LogP contribution in [0, 0.1) is 0 Å². The number of hydrogen-bond acceptors (Lipinski definition) is 2. The molecule has 3 rings (SSSR count). The number of rotatable bonds is 4. The molecule has 0 aliphatic carbocycles. The maximum atomic E-state index is 10.6. The predicted octanol–water partition coefficient (Wildman–Crippen LogP) is 3.30. The summed E-state index contributed by atoms with van der Waals surface area (Å²) in [6.45, 7) is 0. The molecule has 2 nitrogen and oxygen atoms in total. The molecule has 1 atom stereocenters. The first-order chi connectivity index (χ1) is 10.8. The largest absolute Gasteiger partial charge is 0.377 e. The van der Waals surface area contributed by atoms with Gasteiger partial charge in [-0.25, -0.2) is 0 Å². The van der Waals surface area contributed by atoms with Crippen molar-refractivity contribution in [3.8, 4) is 0 Å². The summed E-state index contributed by atoms with van der Waals surface area (Å²) in [5, 5.41) is 10.6. The van der Waals surface area contributed by atoms with E-state index in [9.17, 15) is 5.11 Å². The zero-order valence-corrected chi connectivity index (χ0v) is 12.3. The highest BCUT2D eigenvalue weighted by Crippen LogP contribution is 2.40. The fourth-order valence-corrected chi connectivity index (χ4v) is 3.12. The molecule has 0 saturated heterocycles. The molecule has 0 aliphatic heterocycles. The highest BCUT2D eigenvalue weighted by Gasteiger charge is 2.41. The van der Waals surface area contributed by atoms with Gasteiger partial charge in [0.1, 0.15) is 6.23 Å². The third-order valence-corrected chi connectivity index (χ3v) is 4.13. The Kier molecular flexibility index (Phi) is 4.05. The lowest BCUT2D eigenvalue weighted by atomic mass is 9.68. The van der Waals surface area contributed by atoms with E-state index < -0.39 is 11.6 Å². The molecule has 3 N–H and O–H groups in total. The first-order valence-electron chi connectivity index (χ1n) is 7.36. The molecule has 110 valence electrons. The predicted molar refractivity (Wildman–Crippen MR) is 89.4 cm³/mol. The minimum atomic E-state index is -1.06. The maximum Gasteiger partial charge on any atom is 0.120 e. The lowest BCUT2D eigenvalue weighted by molar-refractivity contribution is 0.128. The molecule has 0 aromatic heterocycles. The van der Waals surface area contributed by atoms with Crippen LogP contribution in [-0.2, 0) is 5.41 Å². The summed E-state index contributed by atoms with van der Waals surface area (Å²) in [6.07, 6.45) is -1.06. The second kappa shape index (κ2) is 6.14. The molecule has 0 fully saturated rings. The van der Waals surface area contributed by atoms with E-state index in [1.807, 2.05) is 91.0 Å². The summed E-state index contributed by atoms with van der Waals surface area (Å²) in [5.41, 5.74) is 8.26. The van der Waals surface area contributed by atoms with Crippen molar-refractivity contribution in [2.75, 3.05) is 0 Å². The van der Waals surface area contributed by atoms with Crippen LogP contribution in [0.3, 0.4) is 0 Å². The Morgan fingerprint density at radius 2 is 0.864 bits per heavy atom. The number of nitrogens with two attached hydrogens (primary N) is 1. The fourth-order valence-electron chi connectivity index (χ4n) is 3.12. The summed E-state index contributed by atoms with van der Waals surface area (Å²) in [7, 11) is 0. The van der Waals surface area contributed by atoms with Gasteiger partial charge in [-0.05, 0) is 16.7 Å². The summed E-state index contributed by atoms with van der Waals surface area (Å²) in [4.78, 5) is 0. The number of hydrogen-bond donors (Lipinski definition) is 2. The van der Waals surface area contributed by atoms with Crippen LogP contribution in [0.1, 0.15) is 16.7 Å². The SMILES string of the molecule is NC(O)C(c1ccccc1)(c1ccccc1)c1ccccc1. The fraction of sp³-hybridized carbons (Fsp3) is 0.100. The van der Waals surface area contributed by atoms with Crippen molar-refractivity contribution in [3.63, 3.8) is 0 Å². The zero-order chi connectivity index (χ0) is 15.4. The third-order valence-electron chi connectivity index (χ3n) is 4.13. The van der Waals surface area contributed by atoms with Gasteiger partial charge in [0.05, 0.1) is 5.41 Å². The monoisotopic (exact) mass is 289 g/mol. The van der Waals surface area contributed by atoms with Crippen LogP contribution in [0.25, 0.3) is 0 Å². The minimum Gasteiger partial charge on any atom is -0.377 e. The van der Waals surface area contributed by atoms with Crippen LogP contribution < -0.4 is 5.73 Å². The smallest absolute Gasteiger partial charge is 0.120 e. The summed E-state index contributed by atoms with van der Waals surface area (Å²) < 4.78 is 0. The zero-order valence-electron chi connectivity index (χ0n) is 12.3. The molecule has 0 aliphatic rings. The van der Waals surface area contributed by atoms with Gasteiger partial charge in [-0.3, -0.25) is 0 Å². The number of benzene rings is 3. The second-order valence-electron chi connectivity index (χ2n) is 5.35. The second-order valence-corrected chi connectivity index (χ2v) is 5.35. The molecule has 0 amide bonds. The lowest BCUT2D eigenvalue weighted by Crippen LogP contribution is -2.47. The Bertz CT molecular complexity index is 612. The van der Waals surface area contributed by atoms with E-state index in [0.29, 0.717) is 0 Å². The molecule has 22 heavy (non-hydrogen) atoms. The van der Waals surface area contributed by atoms with Crippen LogP contribution >= 0.6 is 0 Å². The minimum absolute atomic E-state index is 0.788. The highest BCUT2D eigenvalue weighted by atomic mass is 16.3. The molecule has 0 spiro atoms. The van der Waals surface area contributed by atoms with Gasteiger partial charge >= 0.3 is 0 Å². The Balaban J connectivity index is 2.34. The Morgan fingerprint density at radius 3 is 1.09 bits per heavy atom. The third kappa shape index (κ3) is 2.33. The molecule has 0 saturated carbocycles. The quantitative estimate of drug-likeness (QED) is 0.572. The van der Waals surface area contributed by atoms with E-state index in [1.54, 1.807) is 0 Å². The molecular weight excluding hydrogens is 270 g/mol. The van der Waals surface area contributed by atoms with E-state index >= 15 is 0 Å². The molecule has 1 unspecified atom stereocenters. The van der Waals surface area contributed by atoms with Crippen LogP contribution in [0.2, 0.25) is 0 Å². The average molecular weight is 289 g/mol. The van der Waals surface area contributed by atoms with Crippen LogP contribution in [0.15, 0.2) is 91.0 Å². The van der Waals surface area contributed by atoms with Crippen LogP contribution in [0.4, 0.5) is 0 Å². The molecule has 0 bridgehead atoms. The normalized spacial score (nSPS) is 12.8. The van der Waals surface area contributed by atoms with Gasteiger partial charge in [-0.1, -0.05) is 91.0 Å². The van der Waals surface area contributed by atoms with Crippen molar-refractivity contribution in [3.05, 3.63) is 108 Å². The Morgan fingerprint density at radius 1 is 0.591 bits per heavy atom. The first-order valence-corrected chi connectivity index (χ1v) is 7.36. The van der Waals surface area contributed by atoms with Gasteiger partial charge in [-0.15, -0.1) is 0 Å². The van der Waals surface area contributed by atoms with E-state index in [1.165, 1.54) is 0 Å². The van der Waals surface area contributed by atoms with Crippen molar-refractivity contribution < 1.29 is 5.11 Å². The van der Waals surface area contributed by atoms with E-state index in [4.69, 9.17) is 5.73 Å². The highest BCUT2D eigenvalue weighted by molar-refractivity contribution is 5.51. The van der Waals surface area contributed by atoms with Gasteiger partial charge < -0.3 is 10.8 Å². The van der Waals surface area contributed by atoms with E-state index in [2.05, 4.69) is 0 Å². The standard InChI is InChI=1S/C20H19NO/c21-19(22)20(16-10-4-1-5-11-16,17-12-6-2-7-13-17)18-14-8-3-9-15-18/h1-15,19,22H,21H2. The molecule has 3 aromatic rings. The van der Waals surface area contributed by atoms with E-state index in [0.717, 1.165) is 16.7 Å². The summed E-state index contributed by atoms with van der Waals surface area (Å²) in [5.74, 6) is 0. The molecular formula is C20H19NO. The van der Waals surface area contributed by atoms with Crippen molar-refractivity contribution >= 4 is 0 Å². The van der Waals surface area contributed by atoms with Gasteiger partial charge in [0.2, 0.25) is 0 Å². The van der Waals surface area contributed by atoms with Crippen LogP contribution in [-0.4, -0.2) is 11.3 Å². The van der Waals surface area contributed by atoms with Crippen molar-refractivity contribution in [1.82, 2.24) is 0 Å². The van der Waals surface area contributed by atoms with Gasteiger partial charge in [0.15, 0.2) is 0 Å². The lowest BCUT2D eigenvalue weighted by Gasteiger charge is -2.38. The molecule has 0 radical (unpaired) electrons.